The largest absolute Gasteiger partial charge is 1.00 e. The van der Waals surface area contributed by atoms with E-state index in [4.69, 9.17) is 0 Å². The monoisotopic (exact) mass is 452 g/mol. The van der Waals surface area contributed by atoms with E-state index in [1.165, 1.54) is 55.6 Å². The Balaban J connectivity index is 0.00000267. The third-order valence-corrected chi connectivity index (χ3v) is 6.56. The van der Waals surface area contributed by atoms with Gasteiger partial charge in [-0.1, -0.05) is 196 Å². The van der Waals surface area contributed by atoms with Crippen LogP contribution in [0.1, 0.15) is 0 Å². The molecule has 0 radical (unpaired) electrons. The third kappa shape index (κ3) is 4.38. The van der Waals surface area contributed by atoms with Crippen molar-refractivity contribution in [1.29, 1.82) is 0 Å². The molecule has 0 saturated heterocycles. The zero-order chi connectivity index (χ0) is 23.5. The maximum atomic E-state index is 2.23. The fourth-order valence-electron chi connectivity index (χ4n) is 5.09. The molecule has 0 heterocycles. The molecule has 166 valence electrons. The summed E-state index contributed by atoms with van der Waals surface area (Å²) in [5.74, 6) is 0. The van der Waals surface area contributed by atoms with Crippen LogP contribution in [0.5, 0.6) is 0 Å². The first-order valence-corrected chi connectivity index (χ1v) is 12.1. The van der Waals surface area contributed by atoms with Gasteiger partial charge in [0.2, 0.25) is 0 Å². The number of hydrogen-bond acceptors (Lipinski definition) is 0. The van der Waals surface area contributed by atoms with Gasteiger partial charge in [-0.25, -0.2) is 0 Å². The van der Waals surface area contributed by atoms with Crippen molar-refractivity contribution in [2.45, 2.75) is 0 Å². The van der Waals surface area contributed by atoms with Crippen LogP contribution in [0.15, 0.2) is 152 Å². The Morgan fingerprint density at radius 1 is 0.306 bits per heavy atom. The van der Waals surface area contributed by atoms with E-state index in [0.29, 0.717) is 0 Å². The van der Waals surface area contributed by atoms with Crippen LogP contribution in [0.3, 0.4) is 0 Å². The summed E-state index contributed by atoms with van der Waals surface area (Å²) in [5, 5.41) is 0. The first-order chi connectivity index (χ1) is 17.4. The van der Waals surface area contributed by atoms with Crippen molar-refractivity contribution in [3.05, 3.63) is 152 Å². The van der Waals surface area contributed by atoms with Crippen molar-refractivity contribution in [3.63, 3.8) is 0 Å². The van der Waals surface area contributed by atoms with Gasteiger partial charge in [-0.05, 0) is 11.1 Å². The predicted molar refractivity (Wildman–Crippen MR) is 149 cm³/mol. The molecule has 0 nitrogen and oxygen atoms in total. The third-order valence-electron chi connectivity index (χ3n) is 6.56. The van der Waals surface area contributed by atoms with E-state index in [1.807, 2.05) is 0 Å². The zero-order valence-corrected chi connectivity index (χ0v) is 20.4. The van der Waals surface area contributed by atoms with Crippen LogP contribution in [0.4, 0.5) is 0 Å². The Kier molecular flexibility index (Phi) is 7.10. The van der Waals surface area contributed by atoms with Crippen molar-refractivity contribution in [2.75, 3.05) is 0 Å². The quantitative estimate of drug-likeness (QED) is 0.201. The van der Waals surface area contributed by atoms with Gasteiger partial charge in [-0.3, -0.25) is 0 Å². The molecule has 0 fully saturated rings. The van der Waals surface area contributed by atoms with Crippen LogP contribution in [0.2, 0.25) is 0 Å². The molecule has 6 aromatic carbocycles. The number of rotatable bonds is 5. The molecule has 0 bridgehead atoms. The van der Waals surface area contributed by atoms with Gasteiger partial charge in [-0.15, -0.1) is 0 Å². The maximum Gasteiger partial charge on any atom is 1.00 e. The Bertz CT molecular complexity index is 1240. The second-order valence-corrected chi connectivity index (χ2v) is 8.71. The number of benzene rings is 5. The minimum Gasteiger partial charge on any atom is -0.0999 e. The Morgan fingerprint density at radius 2 is 0.583 bits per heavy atom. The fourth-order valence-corrected chi connectivity index (χ4v) is 5.09. The van der Waals surface area contributed by atoms with Gasteiger partial charge in [0.25, 0.3) is 0 Å². The summed E-state index contributed by atoms with van der Waals surface area (Å²) < 4.78 is 0. The van der Waals surface area contributed by atoms with Crippen LogP contribution < -0.4 is 18.9 Å². The molecule has 6 aromatic rings. The van der Waals surface area contributed by atoms with Crippen LogP contribution in [-0.4, -0.2) is 0 Å². The molecule has 1 heteroatoms. The summed E-state index contributed by atoms with van der Waals surface area (Å²) in [7, 11) is 0. The van der Waals surface area contributed by atoms with E-state index >= 15 is 0 Å². The zero-order valence-electron chi connectivity index (χ0n) is 20.4. The summed E-state index contributed by atoms with van der Waals surface area (Å²) in [4.78, 5) is 0. The van der Waals surface area contributed by atoms with Crippen molar-refractivity contribution >= 4 is 0 Å². The van der Waals surface area contributed by atoms with Crippen LogP contribution in [0.25, 0.3) is 55.6 Å². The van der Waals surface area contributed by atoms with Gasteiger partial charge in [0, 0.05) is 0 Å². The Labute approximate surface area is 225 Å². The first kappa shape index (κ1) is 23.8. The van der Waals surface area contributed by atoms with Crippen molar-refractivity contribution in [3.8, 4) is 55.6 Å². The molecule has 0 aliphatic heterocycles. The van der Waals surface area contributed by atoms with Gasteiger partial charge in [0.15, 0.2) is 0 Å². The van der Waals surface area contributed by atoms with Gasteiger partial charge >= 0.3 is 18.9 Å². The molecular formula is C35H25Li. The smallest absolute Gasteiger partial charge is 0.0999 e. The Hall–Kier alpha value is -3.95. The molecule has 0 aliphatic carbocycles. The molecule has 0 N–H and O–H groups in total. The van der Waals surface area contributed by atoms with Crippen molar-refractivity contribution in [1.82, 2.24) is 0 Å². The van der Waals surface area contributed by atoms with E-state index in [9.17, 15) is 0 Å². The summed E-state index contributed by atoms with van der Waals surface area (Å²) in [6, 6.07) is 54.1. The summed E-state index contributed by atoms with van der Waals surface area (Å²) in [5.41, 5.74) is 12.5. The Morgan fingerprint density at radius 3 is 0.917 bits per heavy atom. The maximum absolute atomic E-state index is 2.23. The van der Waals surface area contributed by atoms with Crippen LogP contribution >= 0.6 is 0 Å². The molecule has 0 unspecified atom stereocenters. The molecule has 0 saturated carbocycles. The molecule has 0 amide bonds. The van der Waals surface area contributed by atoms with Crippen molar-refractivity contribution < 1.29 is 18.9 Å². The van der Waals surface area contributed by atoms with Gasteiger partial charge in [0.1, 0.15) is 0 Å². The van der Waals surface area contributed by atoms with E-state index in [1.54, 1.807) is 0 Å². The normalized spacial score (nSPS) is 10.6. The van der Waals surface area contributed by atoms with E-state index in [-0.39, 0.29) is 18.9 Å². The van der Waals surface area contributed by atoms with Crippen molar-refractivity contribution in [2.24, 2.45) is 0 Å². The number of hydrogen-bond donors (Lipinski definition) is 0. The topological polar surface area (TPSA) is 0 Å². The average molecular weight is 453 g/mol. The molecule has 6 rings (SSSR count). The minimum absolute atomic E-state index is 0. The summed E-state index contributed by atoms with van der Waals surface area (Å²) >= 11 is 0. The fraction of sp³-hybridized carbons (Fsp3) is 0. The van der Waals surface area contributed by atoms with Gasteiger partial charge < -0.3 is 0 Å². The molecule has 0 spiro atoms. The SMILES string of the molecule is [Li+].c1ccc(-c2c(-c3ccccc3)c(-c3ccccc3)[c-](-c3ccccc3)c2-c2ccccc2)cc1. The van der Waals surface area contributed by atoms with E-state index in [2.05, 4.69) is 152 Å². The standard InChI is InChI=1S/C35H25.Li/c1-6-16-26(17-7-1)31-32(27-18-8-2-9-19-27)34(29-22-12-4-13-23-29)35(30-24-14-5-15-25-30)33(31)28-20-10-3-11-21-28;/h1-25H;/q-1;+1. The molecule has 0 aromatic heterocycles. The summed E-state index contributed by atoms with van der Waals surface area (Å²) in [6.45, 7) is 0. The van der Waals surface area contributed by atoms with Crippen LogP contribution in [0, 0.1) is 0 Å². The first-order valence-electron chi connectivity index (χ1n) is 12.1. The molecule has 0 aliphatic rings. The molecule has 36 heavy (non-hydrogen) atoms. The van der Waals surface area contributed by atoms with E-state index in [0.717, 1.165) is 0 Å². The average Bonchev–Trinajstić information content (AvgIpc) is 3.32. The second kappa shape index (κ2) is 10.8. The second-order valence-electron chi connectivity index (χ2n) is 8.71. The summed E-state index contributed by atoms with van der Waals surface area (Å²) in [6.07, 6.45) is 0. The predicted octanol–water partition coefficient (Wildman–Crippen LogP) is 6.74. The van der Waals surface area contributed by atoms with Crippen LogP contribution in [-0.2, 0) is 0 Å². The molecule has 0 atom stereocenters. The van der Waals surface area contributed by atoms with E-state index < -0.39 is 0 Å². The van der Waals surface area contributed by atoms with Gasteiger partial charge in [0.05, 0.1) is 0 Å². The molecular weight excluding hydrogens is 427 g/mol. The van der Waals surface area contributed by atoms with Gasteiger partial charge in [-0.2, -0.15) is 0 Å². The minimum atomic E-state index is 0.